The zero-order valence-corrected chi connectivity index (χ0v) is 9.57. The van der Waals surface area contributed by atoms with Gasteiger partial charge in [0.1, 0.15) is 16.5 Å². The van der Waals surface area contributed by atoms with Crippen molar-refractivity contribution in [3.8, 4) is 11.5 Å². The van der Waals surface area contributed by atoms with Crippen molar-refractivity contribution in [2.75, 3.05) is 7.11 Å². The van der Waals surface area contributed by atoms with Crippen molar-refractivity contribution in [2.45, 2.75) is 0 Å². The Bertz CT molecular complexity index is 492. The quantitative estimate of drug-likeness (QED) is 0.827. The van der Waals surface area contributed by atoms with Crippen molar-refractivity contribution in [2.24, 2.45) is 4.99 Å². The molecule has 16 heavy (non-hydrogen) atoms. The predicted octanol–water partition coefficient (Wildman–Crippen LogP) is 3.21. The summed E-state index contributed by atoms with van der Waals surface area (Å²) in [7, 11) is 1.56. The summed E-state index contributed by atoms with van der Waals surface area (Å²) in [5.74, 6) is 0.797. The van der Waals surface area contributed by atoms with E-state index in [4.69, 9.17) is 4.74 Å². The molecule has 0 radical (unpaired) electrons. The lowest BCUT2D eigenvalue weighted by molar-refractivity contribution is 0.407. The van der Waals surface area contributed by atoms with Gasteiger partial charge in [-0.1, -0.05) is 0 Å². The fourth-order valence-electron chi connectivity index (χ4n) is 1.24. The summed E-state index contributed by atoms with van der Waals surface area (Å²) in [5.41, 5.74) is 0.675. The van der Waals surface area contributed by atoms with Crippen LogP contribution in [-0.4, -0.2) is 18.4 Å². The summed E-state index contributed by atoms with van der Waals surface area (Å²) >= 11 is 1.55. The summed E-state index contributed by atoms with van der Waals surface area (Å²) in [6.45, 7) is 0. The van der Waals surface area contributed by atoms with E-state index in [0.29, 0.717) is 11.3 Å². The summed E-state index contributed by atoms with van der Waals surface area (Å²) < 4.78 is 5.00. The lowest BCUT2D eigenvalue weighted by atomic mass is 10.2. The number of ether oxygens (including phenoxy) is 1. The number of phenolic OH excluding ortho intramolecular Hbond substituents is 1. The molecule has 1 heterocycles. The molecule has 0 atom stereocenters. The van der Waals surface area contributed by atoms with Crippen LogP contribution in [0.2, 0.25) is 0 Å². The van der Waals surface area contributed by atoms with Crippen LogP contribution in [0, 0.1) is 0 Å². The molecule has 0 spiro atoms. The van der Waals surface area contributed by atoms with Gasteiger partial charge in [-0.25, -0.2) is 4.99 Å². The second-order valence-electron chi connectivity index (χ2n) is 3.13. The summed E-state index contributed by atoms with van der Waals surface area (Å²) in [6.07, 6.45) is 1.64. The van der Waals surface area contributed by atoms with Gasteiger partial charge in [0, 0.05) is 17.8 Å². The van der Waals surface area contributed by atoms with E-state index in [0.717, 1.165) is 5.00 Å². The highest BCUT2D eigenvalue weighted by molar-refractivity contribution is 7.13. The third-order valence-corrected chi connectivity index (χ3v) is 2.85. The smallest absolute Gasteiger partial charge is 0.128 e. The van der Waals surface area contributed by atoms with E-state index in [1.54, 1.807) is 42.9 Å². The van der Waals surface area contributed by atoms with E-state index in [-0.39, 0.29) is 5.75 Å². The van der Waals surface area contributed by atoms with E-state index in [2.05, 4.69) is 4.99 Å². The van der Waals surface area contributed by atoms with E-state index in [1.807, 2.05) is 17.5 Å². The van der Waals surface area contributed by atoms with Crippen LogP contribution in [0.1, 0.15) is 5.56 Å². The Balaban J connectivity index is 2.22. The van der Waals surface area contributed by atoms with Gasteiger partial charge in [-0.2, -0.15) is 0 Å². The molecule has 82 valence electrons. The minimum atomic E-state index is 0.166. The Morgan fingerprint density at radius 2 is 2.25 bits per heavy atom. The van der Waals surface area contributed by atoms with Crippen LogP contribution in [0.25, 0.3) is 0 Å². The summed E-state index contributed by atoms with van der Waals surface area (Å²) in [6, 6.07) is 8.98. The van der Waals surface area contributed by atoms with Crippen LogP contribution in [0.3, 0.4) is 0 Å². The number of aliphatic imine (C=N–C) groups is 1. The lowest BCUT2D eigenvalue weighted by Gasteiger charge is -2.02. The van der Waals surface area contributed by atoms with Crippen LogP contribution in [0.4, 0.5) is 5.00 Å². The first-order valence-electron chi connectivity index (χ1n) is 4.74. The van der Waals surface area contributed by atoms with E-state index in [1.165, 1.54) is 0 Å². The first-order chi connectivity index (χ1) is 7.79. The number of rotatable bonds is 3. The second kappa shape index (κ2) is 4.81. The molecule has 2 rings (SSSR count). The fourth-order valence-corrected chi connectivity index (χ4v) is 1.80. The molecule has 0 aliphatic heterocycles. The molecule has 0 saturated carbocycles. The highest BCUT2D eigenvalue weighted by Crippen LogP contribution is 2.24. The van der Waals surface area contributed by atoms with Gasteiger partial charge in [0.05, 0.1) is 7.11 Å². The average Bonchev–Trinajstić information content (AvgIpc) is 2.80. The third-order valence-electron chi connectivity index (χ3n) is 2.07. The standard InChI is InChI=1S/C12H11NO2S/c1-15-10-5-4-9(11(14)7-10)8-13-12-3-2-6-16-12/h2-8,14H,1H3. The van der Waals surface area contributed by atoms with Gasteiger partial charge in [0.15, 0.2) is 0 Å². The number of aromatic hydroxyl groups is 1. The topological polar surface area (TPSA) is 41.8 Å². The van der Waals surface area contributed by atoms with Crippen LogP contribution < -0.4 is 4.74 Å². The Hall–Kier alpha value is -1.81. The molecule has 0 aliphatic rings. The minimum absolute atomic E-state index is 0.166. The van der Waals surface area contributed by atoms with Crippen molar-refractivity contribution in [1.82, 2.24) is 0 Å². The highest BCUT2D eigenvalue weighted by Gasteiger charge is 2.00. The molecule has 0 amide bonds. The monoisotopic (exact) mass is 233 g/mol. The maximum Gasteiger partial charge on any atom is 0.128 e. The Morgan fingerprint density at radius 3 is 2.88 bits per heavy atom. The number of benzene rings is 1. The number of hydrogen-bond acceptors (Lipinski definition) is 4. The fraction of sp³-hybridized carbons (Fsp3) is 0.0833. The minimum Gasteiger partial charge on any atom is -0.507 e. The zero-order chi connectivity index (χ0) is 11.4. The predicted molar refractivity (Wildman–Crippen MR) is 66.2 cm³/mol. The van der Waals surface area contributed by atoms with Gasteiger partial charge >= 0.3 is 0 Å². The van der Waals surface area contributed by atoms with E-state index < -0.39 is 0 Å². The van der Waals surface area contributed by atoms with Gasteiger partial charge in [-0.3, -0.25) is 0 Å². The molecule has 0 bridgehead atoms. The number of hydrogen-bond donors (Lipinski definition) is 1. The van der Waals surface area contributed by atoms with Crippen LogP contribution in [-0.2, 0) is 0 Å². The highest BCUT2D eigenvalue weighted by atomic mass is 32.1. The molecule has 2 aromatic rings. The zero-order valence-electron chi connectivity index (χ0n) is 8.75. The maximum absolute atomic E-state index is 9.68. The first kappa shape index (κ1) is 10.7. The lowest BCUT2D eigenvalue weighted by Crippen LogP contribution is -1.85. The molecular formula is C12H11NO2S. The molecule has 0 saturated heterocycles. The van der Waals surface area contributed by atoms with Crippen molar-refractivity contribution in [3.63, 3.8) is 0 Å². The second-order valence-corrected chi connectivity index (χ2v) is 4.06. The van der Waals surface area contributed by atoms with Crippen molar-refractivity contribution in [1.29, 1.82) is 0 Å². The number of nitrogens with zero attached hydrogens (tertiary/aromatic N) is 1. The number of thiophene rings is 1. The summed E-state index contributed by atoms with van der Waals surface area (Å²) in [5, 5.41) is 12.6. The molecule has 1 aromatic heterocycles. The Morgan fingerprint density at radius 1 is 1.38 bits per heavy atom. The molecule has 0 aliphatic carbocycles. The Kier molecular flexibility index (Phi) is 3.22. The maximum atomic E-state index is 9.68. The molecule has 0 unspecified atom stereocenters. The van der Waals surface area contributed by atoms with E-state index >= 15 is 0 Å². The Labute approximate surface area is 97.7 Å². The molecule has 3 nitrogen and oxygen atoms in total. The molecule has 0 fully saturated rings. The largest absolute Gasteiger partial charge is 0.507 e. The van der Waals surface area contributed by atoms with Gasteiger partial charge in [0.2, 0.25) is 0 Å². The van der Waals surface area contributed by atoms with Crippen molar-refractivity contribution < 1.29 is 9.84 Å². The van der Waals surface area contributed by atoms with Crippen LogP contribution >= 0.6 is 11.3 Å². The first-order valence-corrected chi connectivity index (χ1v) is 5.62. The average molecular weight is 233 g/mol. The number of phenols is 1. The number of methoxy groups -OCH3 is 1. The van der Waals surface area contributed by atoms with Crippen molar-refractivity contribution in [3.05, 3.63) is 41.3 Å². The van der Waals surface area contributed by atoms with Crippen LogP contribution in [0.5, 0.6) is 11.5 Å². The van der Waals surface area contributed by atoms with Crippen LogP contribution in [0.15, 0.2) is 40.7 Å². The molecule has 4 heteroatoms. The SMILES string of the molecule is COc1ccc(C=Nc2cccs2)c(O)c1. The molecule has 1 N–H and O–H groups in total. The van der Waals surface area contributed by atoms with Gasteiger partial charge in [0.25, 0.3) is 0 Å². The van der Waals surface area contributed by atoms with E-state index in [9.17, 15) is 5.11 Å². The van der Waals surface area contributed by atoms with Crippen molar-refractivity contribution >= 4 is 22.6 Å². The third kappa shape index (κ3) is 2.41. The summed E-state index contributed by atoms with van der Waals surface area (Å²) in [4.78, 5) is 4.25. The van der Waals surface area contributed by atoms with Gasteiger partial charge < -0.3 is 9.84 Å². The normalized spacial score (nSPS) is 10.8. The molecule has 1 aromatic carbocycles. The van der Waals surface area contributed by atoms with Gasteiger partial charge in [-0.05, 0) is 29.6 Å². The van der Waals surface area contributed by atoms with Gasteiger partial charge in [-0.15, -0.1) is 11.3 Å². The molecular weight excluding hydrogens is 222 g/mol.